The van der Waals surface area contributed by atoms with Crippen LogP contribution in [0.5, 0.6) is 0 Å². The highest BCUT2D eigenvalue weighted by atomic mass is 14.3. The lowest BCUT2D eigenvalue weighted by atomic mass is 9.90. The van der Waals surface area contributed by atoms with Gasteiger partial charge in [-0.1, -0.05) is 51.5 Å². The Bertz CT molecular complexity index is 1010. The fraction of sp³-hybridized carbons (Fsp3) is 0.385. The van der Waals surface area contributed by atoms with Gasteiger partial charge in [0.15, 0.2) is 0 Å². The van der Waals surface area contributed by atoms with Crippen LogP contribution in [0.25, 0.3) is 22.3 Å². The van der Waals surface area contributed by atoms with Gasteiger partial charge in [0.25, 0.3) is 0 Å². The molecule has 0 amide bonds. The van der Waals surface area contributed by atoms with Gasteiger partial charge in [0.1, 0.15) is 0 Å². The molecule has 0 fully saturated rings. The summed E-state index contributed by atoms with van der Waals surface area (Å²) in [5.74, 6) is 1.21. The molecule has 0 atom stereocenters. The van der Waals surface area contributed by atoms with E-state index in [0.29, 0.717) is 11.8 Å². The lowest BCUT2D eigenvalue weighted by Gasteiger charge is -2.14. The van der Waals surface area contributed by atoms with Gasteiger partial charge < -0.3 is 0 Å². The van der Waals surface area contributed by atoms with Crippen LogP contribution < -0.4 is 0 Å². The van der Waals surface area contributed by atoms with Gasteiger partial charge in [-0.15, -0.1) is 0 Å². The van der Waals surface area contributed by atoms with Crippen molar-refractivity contribution in [2.24, 2.45) is 11.8 Å². The smallest absolute Gasteiger partial charge is 0.00132 e. The summed E-state index contributed by atoms with van der Waals surface area (Å²) in [7, 11) is 0. The van der Waals surface area contributed by atoms with Crippen LogP contribution in [0.15, 0.2) is 35.9 Å². The zero-order valence-corrected chi connectivity index (χ0v) is 16.7. The standard InChI is InChI=1S/C26H28/c1-14(2)21-7-6-17-9-19-11-20-10-18-8-16(5)26(15(3)4)25(18)13-24(20)23(19)12-22(17)21/h7,9-10,12-15H,6,8,11H2,1-5H3. The van der Waals surface area contributed by atoms with Crippen molar-refractivity contribution in [1.82, 2.24) is 0 Å². The van der Waals surface area contributed by atoms with Crippen molar-refractivity contribution in [3.63, 3.8) is 0 Å². The minimum Gasteiger partial charge on any atom is -0.0760 e. The molecule has 0 aromatic heterocycles. The van der Waals surface area contributed by atoms with Gasteiger partial charge in [0.2, 0.25) is 0 Å². The zero-order chi connectivity index (χ0) is 18.2. The van der Waals surface area contributed by atoms with Crippen LogP contribution in [-0.4, -0.2) is 0 Å². The molecule has 2 aromatic rings. The Hall–Kier alpha value is -2.08. The first-order valence-electron chi connectivity index (χ1n) is 10.2. The van der Waals surface area contributed by atoms with Gasteiger partial charge in [0, 0.05) is 0 Å². The van der Waals surface area contributed by atoms with E-state index in [1.165, 1.54) is 44.5 Å². The topological polar surface area (TPSA) is 0 Å². The molecule has 3 aliphatic rings. The molecule has 3 aliphatic carbocycles. The number of hydrogen-bond donors (Lipinski definition) is 0. The molecule has 0 unspecified atom stereocenters. The fourth-order valence-corrected chi connectivity index (χ4v) is 5.52. The van der Waals surface area contributed by atoms with E-state index in [1.807, 2.05) is 0 Å². The van der Waals surface area contributed by atoms with E-state index in [-0.39, 0.29) is 0 Å². The van der Waals surface area contributed by atoms with Gasteiger partial charge >= 0.3 is 0 Å². The molecule has 0 heterocycles. The van der Waals surface area contributed by atoms with Crippen molar-refractivity contribution in [3.05, 3.63) is 69.3 Å². The highest BCUT2D eigenvalue weighted by molar-refractivity contribution is 5.88. The molecule has 0 N–H and O–H groups in total. The molecule has 26 heavy (non-hydrogen) atoms. The molecular weight excluding hydrogens is 312 g/mol. The van der Waals surface area contributed by atoms with Gasteiger partial charge in [0.05, 0.1) is 0 Å². The Labute approximate surface area is 157 Å². The first kappa shape index (κ1) is 16.1. The largest absolute Gasteiger partial charge is 0.0760 e. The molecule has 0 spiro atoms. The lowest BCUT2D eigenvalue weighted by molar-refractivity contribution is 0.851. The third-order valence-electron chi connectivity index (χ3n) is 6.59. The number of benzene rings is 2. The SMILES string of the molecule is CC1=C(C(C)C)c2cc3c(cc2C1)Cc1cc2c(cc1-3)C(C(C)C)=CC2. The Morgan fingerprint density at radius 2 is 1.27 bits per heavy atom. The molecule has 0 saturated carbocycles. The first-order valence-corrected chi connectivity index (χ1v) is 10.2. The molecular formula is C26H28. The van der Waals surface area contributed by atoms with E-state index in [4.69, 9.17) is 0 Å². The van der Waals surface area contributed by atoms with Gasteiger partial charge in [-0.3, -0.25) is 0 Å². The van der Waals surface area contributed by atoms with Crippen LogP contribution in [-0.2, 0) is 19.3 Å². The molecule has 0 heteroatoms. The van der Waals surface area contributed by atoms with Crippen molar-refractivity contribution < 1.29 is 0 Å². The summed E-state index contributed by atoms with van der Waals surface area (Å²) in [4.78, 5) is 0. The van der Waals surface area contributed by atoms with E-state index in [0.717, 1.165) is 19.3 Å². The Morgan fingerprint density at radius 1 is 0.654 bits per heavy atom. The summed E-state index contributed by atoms with van der Waals surface area (Å²) in [5, 5.41) is 0. The molecule has 5 rings (SSSR count). The maximum Gasteiger partial charge on any atom is -0.00132 e. The third-order valence-corrected chi connectivity index (χ3v) is 6.59. The quantitative estimate of drug-likeness (QED) is 0.479. The maximum absolute atomic E-state index is 2.52. The Kier molecular flexibility index (Phi) is 3.38. The minimum atomic E-state index is 0.602. The molecule has 0 bridgehead atoms. The van der Waals surface area contributed by atoms with E-state index in [2.05, 4.69) is 65.0 Å². The average Bonchev–Trinajstić information content (AvgIpc) is 3.21. The average molecular weight is 341 g/mol. The van der Waals surface area contributed by atoms with Crippen molar-refractivity contribution in [3.8, 4) is 11.1 Å². The van der Waals surface area contributed by atoms with Crippen molar-refractivity contribution in [1.29, 1.82) is 0 Å². The predicted octanol–water partition coefficient (Wildman–Crippen LogP) is 6.84. The molecule has 0 nitrogen and oxygen atoms in total. The summed E-state index contributed by atoms with van der Waals surface area (Å²) in [6, 6.07) is 10.0. The van der Waals surface area contributed by atoms with Crippen molar-refractivity contribution in [2.75, 3.05) is 0 Å². The van der Waals surface area contributed by atoms with Crippen LogP contribution in [0.4, 0.5) is 0 Å². The summed E-state index contributed by atoms with van der Waals surface area (Å²) < 4.78 is 0. The van der Waals surface area contributed by atoms with Crippen molar-refractivity contribution >= 4 is 11.1 Å². The second kappa shape index (κ2) is 5.46. The second-order valence-corrected chi connectivity index (χ2v) is 9.05. The first-order chi connectivity index (χ1) is 12.4. The van der Waals surface area contributed by atoms with Gasteiger partial charge in [-0.2, -0.15) is 0 Å². The highest BCUT2D eigenvalue weighted by Gasteiger charge is 2.28. The minimum absolute atomic E-state index is 0.602. The molecule has 0 aliphatic heterocycles. The van der Waals surface area contributed by atoms with E-state index in [1.54, 1.807) is 16.7 Å². The number of fused-ring (bicyclic) bond motifs is 5. The molecule has 0 saturated heterocycles. The van der Waals surface area contributed by atoms with Crippen LogP contribution in [0.3, 0.4) is 0 Å². The summed E-state index contributed by atoms with van der Waals surface area (Å²) in [6.07, 6.45) is 5.81. The zero-order valence-electron chi connectivity index (χ0n) is 16.7. The van der Waals surface area contributed by atoms with Crippen LogP contribution in [0, 0.1) is 11.8 Å². The van der Waals surface area contributed by atoms with Crippen LogP contribution in [0.1, 0.15) is 68.0 Å². The number of hydrogen-bond acceptors (Lipinski definition) is 0. The normalized spacial score (nSPS) is 17.0. The molecule has 0 radical (unpaired) electrons. The van der Waals surface area contributed by atoms with Gasteiger partial charge in [-0.25, -0.2) is 0 Å². The summed E-state index contributed by atoms with van der Waals surface area (Å²) >= 11 is 0. The van der Waals surface area contributed by atoms with E-state index < -0.39 is 0 Å². The molecule has 2 aromatic carbocycles. The predicted molar refractivity (Wildman–Crippen MR) is 112 cm³/mol. The third kappa shape index (κ3) is 2.14. The highest BCUT2D eigenvalue weighted by Crippen LogP contribution is 2.47. The summed E-state index contributed by atoms with van der Waals surface area (Å²) in [5.41, 5.74) is 16.8. The fourth-order valence-electron chi connectivity index (χ4n) is 5.52. The van der Waals surface area contributed by atoms with E-state index >= 15 is 0 Å². The monoisotopic (exact) mass is 340 g/mol. The number of rotatable bonds is 2. The van der Waals surface area contributed by atoms with Crippen LogP contribution in [0.2, 0.25) is 0 Å². The van der Waals surface area contributed by atoms with E-state index in [9.17, 15) is 0 Å². The second-order valence-electron chi connectivity index (χ2n) is 9.05. The molecule has 132 valence electrons. The Balaban J connectivity index is 1.67. The summed E-state index contributed by atoms with van der Waals surface area (Å²) in [6.45, 7) is 11.6. The van der Waals surface area contributed by atoms with Gasteiger partial charge in [-0.05, 0) is 106 Å². The van der Waals surface area contributed by atoms with Crippen molar-refractivity contribution in [2.45, 2.75) is 53.9 Å². The number of allylic oxidation sites excluding steroid dienone is 4. The lowest BCUT2D eigenvalue weighted by Crippen LogP contribution is -1.95. The van der Waals surface area contributed by atoms with Crippen LogP contribution >= 0.6 is 0 Å². The Morgan fingerprint density at radius 3 is 1.92 bits per heavy atom. The maximum atomic E-state index is 2.52.